The number of allylic oxidation sites excluding steroid dienone is 2. The molecular formula is C21H41N3O2. The first-order chi connectivity index (χ1) is 12.6. The number of rotatable bonds is 18. The van der Waals surface area contributed by atoms with Gasteiger partial charge in [-0.25, -0.2) is 4.79 Å². The average molecular weight is 368 g/mol. The summed E-state index contributed by atoms with van der Waals surface area (Å²) in [5.41, 5.74) is 10.3. The predicted octanol–water partition coefficient (Wildman–Crippen LogP) is 4.94. The molecule has 3 amide bonds. The van der Waals surface area contributed by atoms with Crippen LogP contribution in [-0.2, 0) is 4.79 Å². The molecular weight excluding hydrogens is 326 g/mol. The largest absolute Gasteiger partial charge is 0.368 e. The predicted molar refractivity (Wildman–Crippen MR) is 110 cm³/mol. The third-order valence-corrected chi connectivity index (χ3v) is 4.66. The van der Waals surface area contributed by atoms with Gasteiger partial charge in [0.25, 0.3) is 0 Å². The first-order valence-corrected chi connectivity index (χ1v) is 10.6. The van der Waals surface area contributed by atoms with E-state index < -0.39 is 18.0 Å². The fourth-order valence-electron chi connectivity index (χ4n) is 3.05. The minimum atomic E-state index is -0.696. The van der Waals surface area contributed by atoms with E-state index in [1.54, 1.807) is 0 Å². The molecule has 5 heteroatoms. The molecule has 26 heavy (non-hydrogen) atoms. The molecule has 0 aliphatic heterocycles. The first kappa shape index (κ1) is 24.5. The van der Waals surface area contributed by atoms with Gasteiger partial charge in [0.05, 0.1) is 0 Å². The summed E-state index contributed by atoms with van der Waals surface area (Å²) in [5.74, 6) is -0.517. The maximum Gasteiger partial charge on any atom is 0.312 e. The van der Waals surface area contributed by atoms with Crippen LogP contribution in [0.2, 0.25) is 0 Å². The van der Waals surface area contributed by atoms with E-state index in [1.165, 1.54) is 70.6 Å². The van der Waals surface area contributed by atoms with Gasteiger partial charge in [-0.05, 0) is 32.1 Å². The summed E-state index contributed by atoms with van der Waals surface area (Å²) in [5, 5.41) is 2.39. The fourth-order valence-corrected chi connectivity index (χ4v) is 3.05. The summed E-state index contributed by atoms with van der Waals surface area (Å²) in [4.78, 5) is 22.0. The lowest BCUT2D eigenvalue weighted by molar-refractivity contribution is -0.119. The van der Waals surface area contributed by atoms with Crippen molar-refractivity contribution >= 4 is 11.9 Å². The summed E-state index contributed by atoms with van der Waals surface area (Å²) in [6.07, 6.45) is 22.6. The number of carbonyl (C=O) groups excluding carboxylic acids is 2. The molecule has 1 atom stereocenters. The van der Waals surface area contributed by atoms with Crippen molar-refractivity contribution in [1.82, 2.24) is 5.32 Å². The highest BCUT2D eigenvalue weighted by Gasteiger charge is 2.15. The third-order valence-electron chi connectivity index (χ3n) is 4.66. The Balaban J connectivity index is 3.36. The van der Waals surface area contributed by atoms with Crippen LogP contribution in [0.5, 0.6) is 0 Å². The molecule has 0 radical (unpaired) electrons. The van der Waals surface area contributed by atoms with E-state index in [2.05, 4.69) is 24.4 Å². The van der Waals surface area contributed by atoms with E-state index in [-0.39, 0.29) is 0 Å². The van der Waals surface area contributed by atoms with Crippen LogP contribution in [0.15, 0.2) is 12.2 Å². The van der Waals surface area contributed by atoms with Gasteiger partial charge in [0.2, 0.25) is 5.91 Å². The maximum absolute atomic E-state index is 11.2. The highest BCUT2D eigenvalue weighted by Crippen LogP contribution is 2.11. The van der Waals surface area contributed by atoms with Crippen LogP contribution < -0.4 is 16.8 Å². The Bertz CT molecular complexity index is 383. The lowest BCUT2D eigenvalue weighted by Crippen LogP contribution is -2.46. The van der Waals surface area contributed by atoms with Gasteiger partial charge in [0.1, 0.15) is 6.04 Å². The molecule has 152 valence electrons. The van der Waals surface area contributed by atoms with E-state index >= 15 is 0 Å². The molecule has 1 unspecified atom stereocenters. The normalized spacial score (nSPS) is 12.3. The second-order valence-corrected chi connectivity index (χ2v) is 7.19. The molecule has 0 aromatic heterocycles. The molecule has 0 bridgehead atoms. The van der Waals surface area contributed by atoms with E-state index in [4.69, 9.17) is 11.5 Å². The Hall–Kier alpha value is -1.52. The molecule has 0 saturated carbocycles. The van der Waals surface area contributed by atoms with Crippen molar-refractivity contribution in [2.75, 3.05) is 0 Å². The van der Waals surface area contributed by atoms with Gasteiger partial charge < -0.3 is 16.8 Å². The Morgan fingerprint density at radius 2 is 1.23 bits per heavy atom. The summed E-state index contributed by atoms with van der Waals surface area (Å²) in [7, 11) is 0. The third kappa shape index (κ3) is 17.3. The number of hydrogen-bond donors (Lipinski definition) is 3. The molecule has 0 aliphatic carbocycles. The molecule has 0 spiro atoms. The SMILES string of the molecule is CCCCCCCC/C=C\CCCCCCCCC(NC(N)=O)C(N)=O. The topological polar surface area (TPSA) is 98.2 Å². The van der Waals surface area contributed by atoms with Crippen LogP contribution in [-0.4, -0.2) is 18.0 Å². The number of primary amides is 2. The molecule has 5 nitrogen and oxygen atoms in total. The second kappa shape index (κ2) is 18.3. The Kier molecular flexibility index (Phi) is 17.2. The van der Waals surface area contributed by atoms with Crippen LogP contribution in [0.4, 0.5) is 4.79 Å². The van der Waals surface area contributed by atoms with Gasteiger partial charge in [-0.2, -0.15) is 0 Å². The van der Waals surface area contributed by atoms with E-state index in [9.17, 15) is 9.59 Å². The van der Waals surface area contributed by atoms with Gasteiger partial charge in [0.15, 0.2) is 0 Å². The molecule has 0 saturated heterocycles. The molecule has 5 N–H and O–H groups in total. The minimum absolute atomic E-state index is 0.517. The second-order valence-electron chi connectivity index (χ2n) is 7.19. The van der Waals surface area contributed by atoms with Crippen LogP contribution in [0.25, 0.3) is 0 Å². The van der Waals surface area contributed by atoms with Crippen molar-refractivity contribution in [3.8, 4) is 0 Å². The highest BCUT2D eigenvalue weighted by molar-refractivity contribution is 5.85. The zero-order valence-electron chi connectivity index (χ0n) is 16.8. The van der Waals surface area contributed by atoms with Gasteiger partial charge in [0, 0.05) is 0 Å². The maximum atomic E-state index is 11.2. The van der Waals surface area contributed by atoms with Crippen molar-refractivity contribution in [3.05, 3.63) is 12.2 Å². The van der Waals surface area contributed by atoms with Crippen LogP contribution in [0, 0.1) is 0 Å². The van der Waals surface area contributed by atoms with Crippen molar-refractivity contribution in [2.45, 2.75) is 109 Å². The number of carbonyl (C=O) groups is 2. The van der Waals surface area contributed by atoms with Crippen molar-refractivity contribution in [3.63, 3.8) is 0 Å². The lowest BCUT2D eigenvalue weighted by atomic mass is 10.0. The fraction of sp³-hybridized carbons (Fsp3) is 0.810. The van der Waals surface area contributed by atoms with Gasteiger partial charge in [-0.3, -0.25) is 4.79 Å². The van der Waals surface area contributed by atoms with Crippen molar-refractivity contribution in [2.24, 2.45) is 11.5 Å². The Morgan fingerprint density at radius 3 is 1.69 bits per heavy atom. The summed E-state index contributed by atoms with van der Waals surface area (Å²) in [6.45, 7) is 2.26. The number of unbranched alkanes of at least 4 members (excludes halogenated alkanes) is 12. The molecule has 0 aliphatic rings. The number of nitrogens with one attached hydrogen (secondary N) is 1. The number of urea groups is 1. The standard InChI is InChI=1S/C21H41N3O2/c1-2-3-4-5-6-7-8-9-10-11-12-13-14-15-16-17-18-19(20(22)25)24-21(23)26/h9-10,19H,2-8,11-18H2,1H3,(H2,22,25)(H3,23,24,26)/b10-9-. The van der Waals surface area contributed by atoms with E-state index in [0.29, 0.717) is 6.42 Å². The van der Waals surface area contributed by atoms with E-state index in [1.807, 2.05) is 0 Å². The van der Waals surface area contributed by atoms with Crippen molar-refractivity contribution < 1.29 is 9.59 Å². The van der Waals surface area contributed by atoms with Crippen molar-refractivity contribution in [1.29, 1.82) is 0 Å². The molecule has 0 rings (SSSR count). The zero-order chi connectivity index (χ0) is 19.5. The monoisotopic (exact) mass is 367 g/mol. The van der Waals surface area contributed by atoms with Crippen LogP contribution in [0.1, 0.15) is 103 Å². The minimum Gasteiger partial charge on any atom is -0.368 e. The van der Waals surface area contributed by atoms with Gasteiger partial charge in [-0.1, -0.05) is 83.3 Å². The quantitative estimate of drug-likeness (QED) is 0.236. The summed E-state index contributed by atoms with van der Waals surface area (Å²) >= 11 is 0. The summed E-state index contributed by atoms with van der Waals surface area (Å²) in [6, 6.07) is -1.33. The number of amides is 3. The molecule has 0 aromatic carbocycles. The zero-order valence-corrected chi connectivity index (χ0v) is 16.8. The number of nitrogens with two attached hydrogens (primary N) is 2. The van der Waals surface area contributed by atoms with Crippen LogP contribution in [0.3, 0.4) is 0 Å². The summed E-state index contributed by atoms with van der Waals surface area (Å²) < 4.78 is 0. The average Bonchev–Trinajstić information content (AvgIpc) is 2.59. The lowest BCUT2D eigenvalue weighted by Gasteiger charge is -2.13. The van der Waals surface area contributed by atoms with Gasteiger partial charge >= 0.3 is 6.03 Å². The smallest absolute Gasteiger partial charge is 0.312 e. The Morgan fingerprint density at radius 1 is 0.769 bits per heavy atom. The molecule has 0 heterocycles. The Labute approximate surface area is 160 Å². The van der Waals surface area contributed by atoms with E-state index in [0.717, 1.165) is 19.3 Å². The van der Waals surface area contributed by atoms with Crippen LogP contribution >= 0.6 is 0 Å². The molecule has 0 fully saturated rings. The van der Waals surface area contributed by atoms with Gasteiger partial charge in [-0.15, -0.1) is 0 Å². The first-order valence-electron chi connectivity index (χ1n) is 10.6. The molecule has 0 aromatic rings. The highest BCUT2D eigenvalue weighted by atomic mass is 16.2. The number of hydrogen-bond acceptors (Lipinski definition) is 2.